The summed E-state index contributed by atoms with van der Waals surface area (Å²) in [5.41, 5.74) is 5.73. The molecule has 6 rings (SSSR count). The van der Waals surface area contributed by atoms with E-state index in [2.05, 4.69) is 29.2 Å². The Morgan fingerprint density at radius 3 is 2.31 bits per heavy atom. The number of fused-ring (bicyclic) bond motifs is 6. The van der Waals surface area contributed by atoms with Gasteiger partial charge in [-0.05, 0) is 40.9 Å². The van der Waals surface area contributed by atoms with Gasteiger partial charge in [-0.15, -0.1) is 0 Å². The Labute approximate surface area is 166 Å². The number of rotatable bonds is 2. The summed E-state index contributed by atoms with van der Waals surface area (Å²) in [4.78, 5) is 3.47. The van der Waals surface area contributed by atoms with Crippen molar-refractivity contribution in [2.45, 2.75) is 0 Å². The van der Waals surface area contributed by atoms with E-state index in [-0.39, 0.29) is 0 Å². The summed E-state index contributed by atoms with van der Waals surface area (Å²) in [5.74, 6) is 0. The maximum absolute atomic E-state index is 10.1. The summed E-state index contributed by atoms with van der Waals surface area (Å²) in [6, 6.07) is 25.7. The number of nitrogens with one attached hydrogen (secondary N) is 1. The number of benzene rings is 4. The molecule has 29 heavy (non-hydrogen) atoms. The molecule has 5 heteroatoms. The van der Waals surface area contributed by atoms with Crippen LogP contribution in [0.4, 0.5) is 0 Å². The molecule has 0 aliphatic carbocycles. The van der Waals surface area contributed by atoms with Crippen molar-refractivity contribution in [1.82, 2.24) is 4.98 Å². The first-order valence-electron chi connectivity index (χ1n) is 9.52. The van der Waals surface area contributed by atoms with Crippen LogP contribution in [-0.2, 0) is 0 Å². The third-order valence-corrected chi connectivity index (χ3v) is 5.65. The number of furan rings is 1. The first-order chi connectivity index (χ1) is 14.2. The molecule has 0 aliphatic heterocycles. The number of hydrogen-bond acceptors (Lipinski definition) is 3. The minimum Gasteiger partial charge on any atom is -0.456 e. The van der Waals surface area contributed by atoms with E-state index < -0.39 is 7.12 Å². The fourth-order valence-corrected chi connectivity index (χ4v) is 4.37. The molecule has 0 unspecified atom stereocenters. The van der Waals surface area contributed by atoms with Crippen LogP contribution >= 0.6 is 0 Å². The van der Waals surface area contributed by atoms with Gasteiger partial charge in [0.25, 0.3) is 0 Å². The standard InChI is InChI=1S/C24H16BNO3/c27-25(28)18-11-12-22-24(17-6-2-4-8-21(17)29-22)23(18)14-9-10-16-15-5-1-3-7-19(15)26-20(16)13-14/h1-13,26-28H. The summed E-state index contributed by atoms with van der Waals surface area (Å²) < 4.78 is 6.01. The lowest BCUT2D eigenvalue weighted by atomic mass is 9.74. The van der Waals surface area contributed by atoms with Crippen LogP contribution in [0.3, 0.4) is 0 Å². The van der Waals surface area contributed by atoms with Crippen molar-refractivity contribution in [3.05, 3.63) is 78.9 Å². The normalized spacial score (nSPS) is 11.8. The predicted molar refractivity (Wildman–Crippen MR) is 118 cm³/mol. The van der Waals surface area contributed by atoms with Gasteiger partial charge in [0.2, 0.25) is 0 Å². The van der Waals surface area contributed by atoms with Gasteiger partial charge in [0.05, 0.1) is 0 Å². The molecule has 2 heterocycles. The average Bonchev–Trinajstić information content (AvgIpc) is 3.30. The van der Waals surface area contributed by atoms with Crippen LogP contribution in [0.1, 0.15) is 0 Å². The average molecular weight is 377 g/mol. The molecular formula is C24H16BNO3. The summed E-state index contributed by atoms with van der Waals surface area (Å²) >= 11 is 0. The summed E-state index contributed by atoms with van der Waals surface area (Å²) in [5, 5.41) is 24.3. The number of H-pyrrole nitrogens is 1. The molecule has 4 nitrogen and oxygen atoms in total. The van der Waals surface area contributed by atoms with Gasteiger partial charge < -0.3 is 19.4 Å². The van der Waals surface area contributed by atoms with Crippen molar-refractivity contribution >= 4 is 56.3 Å². The molecule has 0 saturated heterocycles. The maximum Gasteiger partial charge on any atom is 0.489 e. The number of hydrogen-bond donors (Lipinski definition) is 3. The monoisotopic (exact) mass is 377 g/mol. The van der Waals surface area contributed by atoms with Gasteiger partial charge in [0.15, 0.2) is 0 Å². The van der Waals surface area contributed by atoms with Gasteiger partial charge in [0.1, 0.15) is 11.2 Å². The van der Waals surface area contributed by atoms with E-state index in [0.717, 1.165) is 49.5 Å². The van der Waals surface area contributed by atoms with E-state index in [4.69, 9.17) is 4.42 Å². The second kappa shape index (κ2) is 5.98. The number of aromatic nitrogens is 1. The molecule has 0 atom stereocenters. The van der Waals surface area contributed by atoms with Crippen LogP contribution in [0.5, 0.6) is 0 Å². The number of para-hydroxylation sites is 2. The fraction of sp³-hybridized carbons (Fsp3) is 0. The van der Waals surface area contributed by atoms with Crippen LogP contribution < -0.4 is 5.46 Å². The zero-order valence-corrected chi connectivity index (χ0v) is 15.4. The van der Waals surface area contributed by atoms with Crippen LogP contribution in [0.15, 0.2) is 83.3 Å². The highest BCUT2D eigenvalue weighted by atomic mass is 16.4. The van der Waals surface area contributed by atoms with Crippen molar-refractivity contribution < 1.29 is 14.5 Å². The van der Waals surface area contributed by atoms with Crippen molar-refractivity contribution in [2.24, 2.45) is 0 Å². The van der Waals surface area contributed by atoms with Crippen molar-refractivity contribution in [2.75, 3.05) is 0 Å². The molecule has 0 spiro atoms. The summed E-state index contributed by atoms with van der Waals surface area (Å²) in [6.07, 6.45) is 0. The number of aromatic amines is 1. The molecule has 2 aromatic heterocycles. The van der Waals surface area contributed by atoms with Crippen LogP contribution in [-0.4, -0.2) is 22.2 Å². The third-order valence-electron chi connectivity index (χ3n) is 5.65. The molecule has 0 radical (unpaired) electrons. The van der Waals surface area contributed by atoms with E-state index in [0.29, 0.717) is 5.46 Å². The molecular weight excluding hydrogens is 361 g/mol. The Hall–Kier alpha value is -3.54. The highest BCUT2D eigenvalue weighted by molar-refractivity contribution is 6.61. The van der Waals surface area contributed by atoms with Crippen LogP contribution in [0.25, 0.3) is 54.9 Å². The topological polar surface area (TPSA) is 69.4 Å². The largest absolute Gasteiger partial charge is 0.489 e. The first kappa shape index (κ1) is 16.4. The molecule has 138 valence electrons. The molecule has 0 saturated carbocycles. The zero-order valence-electron chi connectivity index (χ0n) is 15.4. The lowest BCUT2D eigenvalue weighted by molar-refractivity contribution is 0.426. The highest BCUT2D eigenvalue weighted by Gasteiger charge is 2.23. The minimum atomic E-state index is -1.58. The van der Waals surface area contributed by atoms with Gasteiger partial charge in [-0.2, -0.15) is 0 Å². The second-order valence-corrected chi connectivity index (χ2v) is 7.31. The summed E-state index contributed by atoms with van der Waals surface area (Å²) in [7, 11) is -1.58. The smallest absolute Gasteiger partial charge is 0.456 e. The van der Waals surface area contributed by atoms with Crippen molar-refractivity contribution in [3.63, 3.8) is 0 Å². The van der Waals surface area contributed by atoms with E-state index in [1.165, 1.54) is 5.39 Å². The Morgan fingerprint density at radius 2 is 1.45 bits per heavy atom. The second-order valence-electron chi connectivity index (χ2n) is 7.31. The third kappa shape index (κ3) is 2.35. The van der Waals surface area contributed by atoms with E-state index >= 15 is 0 Å². The predicted octanol–water partition coefficient (Wildman–Crippen LogP) is 4.57. The molecule has 0 amide bonds. The zero-order chi connectivity index (χ0) is 19.5. The Morgan fingerprint density at radius 1 is 0.690 bits per heavy atom. The Kier molecular flexibility index (Phi) is 3.39. The van der Waals surface area contributed by atoms with E-state index in [9.17, 15) is 10.0 Å². The molecule has 0 fully saturated rings. The lowest BCUT2D eigenvalue weighted by Crippen LogP contribution is -2.31. The van der Waals surface area contributed by atoms with Gasteiger partial charge in [-0.1, -0.05) is 54.6 Å². The highest BCUT2D eigenvalue weighted by Crippen LogP contribution is 2.37. The van der Waals surface area contributed by atoms with Crippen LogP contribution in [0, 0.1) is 0 Å². The Balaban J connectivity index is 1.73. The first-order valence-corrected chi connectivity index (χ1v) is 9.52. The lowest BCUT2D eigenvalue weighted by Gasteiger charge is -2.11. The molecule has 3 N–H and O–H groups in total. The molecule has 0 aliphatic rings. The van der Waals surface area contributed by atoms with Gasteiger partial charge in [-0.25, -0.2) is 0 Å². The molecule has 0 bridgehead atoms. The van der Waals surface area contributed by atoms with Gasteiger partial charge >= 0.3 is 7.12 Å². The van der Waals surface area contributed by atoms with Crippen molar-refractivity contribution in [1.29, 1.82) is 0 Å². The molecule has 4 aromatic carbocycles. The summed E-state index contributed by atoms with van der Waals surface area (Å²) in [6.45, 7) is 0. The molecule has 6 aromatic rings. The van der Waals surface area contributed by atoms with E-state index in [1.807, 2.05) is 42.5 Å². The van der Waals surface area contributed by atoms with Gasteiger partial charge in [0, 0.05) is 32.6 Å². The van der Waals surface area contributed by atoms with Crippen LogP contribution in [0.2, 0.25) is 0 Å². The Bertz CT molecular complexity index is 1540. The quantitative estimate of drug-likeness (QED) is 0.387. The van der Waals surface area contributed by atoms with Gasteiger partial charge in [-0.3, -0.25) is 0 Å². The van der Waals surface area contributed by atoms with E-state index in [1.54, 1.807) is 12.1 Å². The fourth-order valence-electron chi connectivity index (χ4n) is 4.37. The maximum atomic E-state index is 10.1. The minimum absolute atomic E-state index is 0.458. The van der Waals surface area contributed by atoms with Crippen molar-refractivity contribution in [3.8, 4) is 11.1 Å². The SMILES string of the molecule is OB(O)c1ccc2oc3ccccc3c2c1-c1ccc2c(c1)[nH]c1ccccc12.